The van der Waals surface area contributed by atoms with Crippen molar-refractivity contribution in [3.8, 4) is 22.6 Å². The molecule has 0 unspecified atom stereocenters. The van der Waals surface area contributed by atoms with E-state index in [1.54, 1.807) is 6.20 Å². The number of imidazole rings is 1. The Labute approximate surface area is 216 Å². The Kier molecular flexibility index (Phi) is 8.58. The lowest BCUT2D eigenvalue weighted by Gasteiger charge is -2.15. The molecule has 0 spiro atoms. The molecular formula is C24H24ClFN6O5. The van der Waals surface area contributed by atoms with Crippen molar-refractivity contribution in [3.63, 3.8) is 0 Å². The molecule has 13 heteroatoms. The van der Waals surface area contributed by atoms with Gasteiger partial charge in [-0.05, 0) is 20.2 Å². The van der Waals surface area contributed by atoms with Gasteiger partial charge in [0.1, 0.15) is 11.3 Å². The average Bonchev–Trinajstić information content (AvgIpc) is 3.33. The summed E-state index contributed by atoms with van der Waals surface area (Å²) in [6, 6.07) is 4.10. The van der Waals surface area contributed by atoms with E-state index < -0.39 is 17.7 Å². The Morgan fingerprint density at radius 3 is 2.30 bits per heavy atom. The maximum Gasteiger partial charge on any atom is 0.337 e. The van der Waals surface area contributed by atoms with Gasteiger partial charge in [-0.1, -0.05) is 17.7 Å². The fourth-order valence-corrected chi connectivity index (χ4v) is 3.77. The number of benzene rings is 2. The van der Waals surface area contributed by atoms with Crippen LogP contribution in [0.5, 0.6) is 11.5 Å². The minimum Gasteiger partial charge on any atom is -0.495 e. The molecule has 0 aliphatic heterocycles. The predicted octanol–water partition coefficient (Wildman–Crippen LogP) is 3.37. The summed E-state index contributed by atoms with van der Waals surface area (Å²) in [4.78, 5) is 38.8. The zero-order valence-electron chi connectivity index (χ0n) is 20.4. The van der Waals surface area contributed by atoms with E-state index in [0.717, 1.165) is 12.2 Å². The number of H-pyrrole nitrogens is 1. The number of carbonyl (C=O) groups is 2. The Morgan fingerprint density at radius 2 is 1.76 bits per heavy atom. The summed E-state index contributed by atoms with van der Waals surface area (Å²) in [6.45, 7) is 0.722. The van der Waals surface area contributed by atoms with E-state index in [4.69, 9.17) is 26.8 Å². The first-order chi connectivity index (χ1) is 17.6. The molecule has 4 aromatic rings. The Hall–Kier alpha value is -4.29. The van der Waals surface area contributed by atoms with Gasteiger partial charge in [0.15, 0.2) is 17.4 Å². The van der Waals surface area contributed by atoms with Gasteiger partial charge >= 0.3 is 5.97 Å². The summed E-state index contributed by atoms with van der Waals surface area (Å²) >= 11 is 6.30. The number of halogens is 2. The number of primary amides is 1. The van der Waals surface area contributed by atoms with Crippen molar-refractivity contribution in [2.24, 2.45) is 5.73 Å². The first kappa shape index (κ1) is 27.3. The molecule has 0 saturated carbocycles. The molecule has 2 heterocycles. The number of carbonyl (C=O) groups excluding carboxylic acids is 1. The summed E-state index contributed by atoms with van der Waals surface area (Å²) in [5.74, 6) is -2.02. The number of aromatic amines is 1. The molecule has 0 saturated heterocycles. The van der Waals surface area contributed by atoms with Crippen molar-refractivity contribution in [2.45, 2.75) is 6.54 Å². The first-order valence-electron chi connectivity index (χ1n) is 10.6. The van der Waals surface area contributed by atoms with Gasteiger partial charge in [0.05, 0.1) is 36.5 Å². The Bertz CT molecular complexity index is 1430. The zero-order chi connectivity index (χ0) is 27.3. The van der Waals surface area contributed by atoms with Crippen LogP contribution in [0.1, 0.15) is 26.7 Å². The van der Waals surface area contributed by atoms with Crippen LogP contribution in [0.3, 0.4) is 0 Å². The first-order valence-corrected chi connectivity index (χ1v) is 11.0. The van der Waals surface area contributed by atoms with Gasteiger partial charge in [-0.15, -0.1) is 0 Å². The number of hydrogen-bond acceptors (Lipinski definition) is 8. The highest BCUT2D eigenvalue weighted by Gasteiger charge is 2.23. The van der Waals surface area contributed by atoms with Crippen molar-refractivity contribution >= 4 is 34.5 Å². The van der Waals surface area contributed by atoms with Crippen LogP contribution in [0.15, 0.2) is 36.8 Å². The number of nitrogens with zero attached hydrogens (tertiary/aromatic N) is 4. The lowest BCUT2D eigenvalue weighted by atomic mass is 9.99. The van der Waals surface area contributed by atoms with E-state index in [1.165, 1.54) is 44.8 Å². The SMILES string of the molecule is CN(C)Cc1cnc(C(N)=O)[nH]1.COc1cc(OC)c(Cl)c(-c2ccc(C(=O)O)c3nccnc23)c1F. The van der Waals surface area contributed by atoms with Gasteiger partial charge < -0.3 is 30.2 Å². The topological polar surface area (TPSA) is 157 Å². The summed E-state index contributed by atoms with van der Waals surface area (Å²) in [6.07, 6.45) is 4.36. The molecule has 0 aliphatic rings. The third kappa shape index (κ3) is 5.93. The van der Waals surface area contributed by atoms with Crippen LogP contribution in [0.25, 0.3) is 22.2 Å². The average molecular weight is 531 g/mol. The minimum atomic E-state index is -1.16. The van der Waals surface area contributed by atoms with Gasteiger partial charge in [-0.3, -0.25) is 14.8 Å². The van der Waals surface area contributed by atoms with E-state index >= 15 is 0 Å². The summed E-state index contributed by atoms with van der Waals surface area (Å²) in [7, 11) is 6.59. The molecule has 0 aliphatic carbocycles. The molecule has 4 rings (SSSR count). The summed E-state index contributed by atoms with van der Waals surface area (Å²) in [5.41, 5.74) is 6.47. The molecule has 11 nitrogen and oxygen atoms in total. The minimum absolute atomic E-state index is 0.000283. The van der Waals surface area contributed by atoms with Crippen LogP contribution in [0.4, 0.5) is 4.39 Å². The highest BCUT2D eigenvalue weighted by Crippen LogP contribution is 2.43. The number of ether oxygens (including phenoxy) is 2. The predicted molar refractivity (Wildman–Crippen MR) is 135 cm³/mol. The van der Waals surface area contributed by atoms with Crippen molar-refractivity contribution in [1.29, 1.82) is 0 Å². The van der Waals surface area contributed by atoms with Gasteiger partial charge in [0.25, 0.3) is 5.91 Å². The second kappa shape index (κ2) is 11.6. The van der Waals surface area contributed by atoms with Crippen molar-refractivity contribution < 1.29 is 28.6 Å². The molecule has 0 bridgehead atoms. The molecule has 37 heavy (non-hydrogen) atoms. The third-order valence-corrected chi connectivity index (χ3v) is 5.42. The van der Waals surface area contributed by atoms with E-state index in [1.807, 2.05) is 19.0 Å². The Morgan fingerprint density at radius 1 is 1.11 bits per heavy atom. The number of carboxylic acid groups (broad SMARTS) is 1. The lowest BCUT2D eigenvalue weighted by Crippen LogP contribution is -2.14. The number of amides is 1. The van der Waals surface area contributed by atoms with Gasteiger partial charge in [0, 0.05) is 41.8 Å². The Balaban J connectivity index is 0.000000266. The van der Waals surface area contributed by atoms with E-state index in [9.17, 15) is 19.1 Å². The second-order valence-corrected chi connectivity index (χ2v) is 8.24. The molecule has 0 fully saturated rings. The smallest absolute Gasteiger partial charge is 0.337 e. The number of rotatable bonds is 7. The fraction of sp³-hybridized carbons (Fsp3) is 0.208. The number of nitrogens with one attached hydrogen (secondary N) is 1. The van der Waals surface area contributed by atoms with E-state index in [2.05, 4.69) is 19.9 Å². The summed E-state index contributed by atoms with van der Waals surface area (Å²) in [5, 5.41) is 9.33. The molecule has 4 N–H and O–H groups in total. The zero-order valence-corrected chi connectivity index (χ0v) is 21.1. The number of hydrogen-bond donors (Lipinski definition) is 3. The fourth-order valence-electron chi connectivity index (χ4n) is 3.46. The number of aromatic nitrogens is 4. The highest BCUT2D eigenvalue weighted by atomic mass is 35.5. The van der Waals surface area contributed by atoms with Crippen molar-refractivity contribution in [2.75, 3.05) is 28.3 Å². The van der Waals surface area contributed by atoms with Crippen LogP contribution in [-0.2, 0) is 6.54 Å². The van der Waals surface area contributed by atoms with Gasteiger partial charge in [0.2, 0.25) is 0 Å². The number of fused-ring (bicyclic) bond motifs is 1. The van der Waals surface area contributed by atoms with Crippen LogP contribution in [0.2, 0.25) is 5.02 Å². The van der Waals surface area contributed by atoms with E-state index in [0.29, 0.717) is 0 Å². The van der Waals surface area contributed by atoms with Crippen molar-refractivity contribution in [1.82, 2.24) is 24.8 Å². The largest absolute Gasteiger partial charge is 0.495 e. The number of nitrogens with two attached hydrogens (primary N) is 1. The quantitative estimate of drug-likeness (QED) is 0.326. The third-order valence-electron chi connectivity index (χ3n) is 5.05. The monoisotopic (exact) mass is 530 g/mol. The molecular weight excluding hydrogens is 507 g/mol. The normalized spacial score (nSPS) is 10.7. The van der Waals surface area contributed by atoms with Crippen molar-refractivity contribution in [3.05, 3.63) is 64.7 Å². The van der Waals surface area contributed by atoms with Gasteiger partial charge in [-0.25, -0.2) is 14.2 Å². The standard InChI is InChI=1S/C17H12ClFN2O4.C7H12N4O/c1-24-10-7-11(25-2)14(19)12(13(10)18)8-3-4-9(17(22)23)16-15(8)20-5-6-21-16;1-11(2)4-5-3-9-7(10-5)6(8)12/h3-7H,1-2H3,(H,22,23);3H,4H2,1-2H3,(H2,8,12)(H,9,10). The molecule has 2 aromatic heterocycles. The van der Waals surface area contributed by atoms with Crippen LogP contribution < -0.4 is 15.2 Å². The van der Waals surface area contributed by atoms with Crippen LogP contribution >= 0.6 is 11.6 Å². The van der Waals surface area contributed by atoms with E-state index in [-0.39, 0.29) is 50.1 Å². The van der Waals surface area contributed by atoms with Crippen LogP contribution in [0, 0.1) is 5.82 Å². The molecule has 0 radical (unpaired) electrons. The maximum absolute atomic E-state index is 14.9. The number of methoxy groups -OCH3 is 2. The molecule has 194 valence electrons. The van der Waals surface area contributed by atoms with Gasteiger partial charge in [-0.2, -0.15) is 0 Å². The van der Waals surface area contributed by atoms with Crippen LogP contribution in [-0.4, -0.2) is 70.1 Å². The maximum atomic E-state index is 14.9. The molecule has 1 amide bonds. The highest BCUT2D eigenvalue weighted by molar-refractivity contribution is 6.35. The summed E-state index contributed by atoms with van der Waals surface area (Å²) < 4.78 is 25.1. The number of aromatic carboxylic acids is 1. The molecule has 0 atom stereocenters. The second-order valence-electron chi connectivity index (χ2n) is 7.86. The molecule has 2 aromatic carbocycles. The lowest BCUT2D eigenvalue weighted by molar-refractivity contribution is 0.0698. The number of carboxylic acids is 1.